The van der Waals surface area contributed by atoms with Crippen LogP contribution in [0.3, 0.4) is 0 Å². The van der Waals surface area contributed by atoms with Gasteiger partial charge in [0.1, 0.15) is 0 Å². The molecule has 0 saturated carbocycles. The predicted octanol–water partition coefficient (Wildman–Crippen LogP) is 7.66. The molecule has 4 N–H and O–H groups in total. The van der Waals surface area contributed by atoms with Gasteiger partial charge in [-0.2, -0.15) is 0 Å². The molecule has 0 bridgehead atoms. The Morgan fingerprint density at radius 1 is 0.559 bits per heavy atom. The Balaban J connectivity index is 0.000000298. The number of halogens is 1. The minimum absolute atomic E-state index is 0. The molecule has 6 aromatic rings. The summed E-state index contributed by atoms with van der Waals surface area (Å²) < 4.78 is 5.42. The number of amides is 2. The first-order valence-electron chi connectivity index (χ1n) is 23.9. The second kappa shape index (κ2) is 28.5. The molecular weight excluding hydrogens is 947 g/mol. The first-order valence-corrected chi connectivity index (χ1v) is 28.3. The summed E-state index contributed by atoms with van der Waals surface area (Å²) in [6.07, 6.45) is 6.98. The van der Waals surface area contributed by atoms with Crippen molar-refractivity contribution in [1.82, 2.24) is 15.5 Å². The average molecular weight is 1020 g/mol. The van der Waals surface area contributed by atoms with Gasteiger partial charge in [-0.25, -0.2) is 0 Å². The maximum atomic E-state index is 12.5. The number of nitrogens with one attached hydrogen (secondary N) is 2. The fourth-order valence-electron chi connectivity index (χ4n) is 9.12. The van der Waals surface area contributed by atoms with Crippen LogP contribution in [0.25, 0.3) is 0 Å². The van der Waals surface area contributed by atoms with Gasteiger partial charge >= 0.3 is 404 Å². The van der Waals surface area contributed by atoms with E-state index in [4.69, 9.17) is 10.5 Å². The van der Waals surface area contributed by atoms with Gasteiger partial charge in [-0.3, -0.25) is 0 Å². The quantitative estimate of drug-likeness (QED) is 0.0263. The monoisotopic (exact) mass is 1020 g/mol. The van der Waals surface area contributed by atoms with E-state index in [1.165, 1.54) is 38.0 Å². The van der Waals surface area contributed by atoms with Crippen molar-refractivity contribution in [2.24, 2.45) is 11.7 Å². The van der Waals surface area contributed by atoms with E-state index in [9.17, 15) is 14.4 Å². The van der Waals surface area contributed by atoms with Crippen molar-refractivity contribution in [3.05, 3.63) is 182 Å². The van der Waals surface area contributed by atoms with Crippen LogP contribution in [0, 0.1) is 5.92 Å². The molecule has 0 saturated heterocycles. The molecule has 68 heavy (non-hydrogen) atoms. The number of carbonyl (C=O) groups excluding carboxylic acids is 3. The van der Waals surface area contributed by atoms with Gasteiger partial charge in [0, 0.05) is 0 Å². The molecule has 0 fully saturated rings. The van der Waals surface area contributed by atoms with Gasteiger partial charge in [0.2, 0.25) is 0 Å². The molecule has 1 unspecified atom stereocenters. The molecule has 6 aromatic carbocycles. The van der Waals surface area contributed by atoms with Crippen LogP contribution >= 0.6 is 31.5 Å². The van der Waals surface area contributed by atoms with E-state index >= 15 is 0 Å². The van der Waals surface area contributed by atoms with Gasteiger partial charge in [-0.05, 0) is 0 Å². The zero-order valence-corrected chi connectivity index (χ0v) is 44.5. The first-order chi connectivity index (χ1) is 32.4. The fraction of sp³-hybridized carbons (Fsp3) is 0.316. The SMILES string of the molecule is Br.CN(CCCC[PH](c1ccccc1)(c1ccccc1)c1ccccc1)CC(C(N)=O)C(=O)OC(C)(C)C.CNC(=O)CCNCCCC[PH](c1ccccc1)(c1ccccc1)c1ccccc1. The van der Waals surface area contributed by atoms with Crippen molar-refractivity contribution >= 4 is 81.1 Å². The first kappa shape index (κ1) is 55.6. The van der Waals surface area contributed by atoms with Gasteiger partial charge in [0.05, 0.1) is 0 Å². The van der Waals surface area contributed by atoms with Crippen molar-refractivity contribution in [2.45, 2.75) is 58.5 Å². The molecular formula is C57H75BrN4O4P2. The number of primary amides is 1. The molecule has 2 amide bonds. The van der Waals surface area contributed by atoms with Gasteiger partial charge < -0.3 is 0 Å². The average Bonchev–Trinajstić information content (AvgIpc) is 3.35. The Kier molecular flexibility index (Phi) is 23.3. The van der Waals surface area contributed by atoms with E-state index in [-0.39, 0.29) is 29.4 Å². The van der Waals surface area contributed by atoms with Crippen LogP contribution in [0.1, 0.15) is 52.9 Å². The van der Waals surface area contributed by atoms with Crippen LogP contribution in [0.5, 0.6) is 0 Å². The number of nitrogens with two attached hydrogens (primary N) is 1. The minimum atomic E-state index is -2.26. The van der Waals surface area contributed by atoms with Crippen molar-refractivity contribution in [3.8, 4) is 0 Å². The number of carbonyl (C=O) groups is 3. The topological polar surface area (TPSA) is 114 Å². The summed E-state index contributed by atoms with van der Waals surface area (Å²) in [5, 5.41) is 14.7. The van der Waals surface area contributed by atoms with Crippen LogP contribution in [0.2, 0.25) is 0 Å². The van der Waals surface area contributed by atoms with Gasteiger partial charge in [0.15, 0.2) is 0 Å². The standard InChI is InChI=1S/C31H41N2O3P.C26H33N2OP.BrH/c1-31(2,3)36-30(35)28(29(32)34)24-33(4)22-14-15-23-37(25-16-8-5-9-17-25,26-18-10-6-11-19-26)27-20-12-7-13-21-27;1-27-26(29)19-21-28-20-11-12-22-30(23-13-5-2-6-14-23,24-15-7-3-8-16-24)25-17-9-4-10-18-25;/h5-13,16-21,28,37H,14-15,22-24H2,1-4H3,(H2,32,34);2-10,13-18,28,30H,11-12,19-22H2,1H3,(H,27,29);1H. The van der Waals surface area contributed by atoms with E-state index in [1.807, 2.05) is 11.9 Å². The second-order valence-corrected chi connectivity index (χ2v) is 26.4. The number of esters is 1. The number of rotatable bonds is 23. The number of benzene rings is 6. The van der Waals surface area contributed by atoms with Crippen LogP contribution in [-0.2, 0) is 19.1 Å². The van der Waals surface area contributed by atoms with E-state index in [0.717, 1.165) is 51.5 Å². The number of hydrogen-bond acceptors (Lipinski definition) is 6. The van der Waals surface area contributed by atoms with Gasteiger partial charge in [-0.1, -0.05) is 0 Å². The summed E-state index contributed by atoms with van der Waals surface area (Å²) in [6, 6.07) is 65.9. The zero-order valence-electron chi connectivity index (χ0n) is 40.7. The summed E-state index contributed by atoms with van der Waals surface area (Å²) >= 11 is 0. The summed E-state index contributed by atoms with van der Waals surface area (Å²) in [6.45, 7) is 8.05. The summed E-state index contributed by atoms with van der Waals surface area (Å²) in [7, 11) is -0.754. The summed E-state index contributed by atoms with van der Waals surface area (Å²) in [5.74, 6) is -2.10. The van der Waals surface area contributed by atoms with Crippen LogP contribution < -0.4 is 48.2 Å². The fourth-order valence-corrected chi connectivity index (χ4v) is 19.0. The van der Waals surface area contributed by atoms with Gasteiger partial charge in [0.25, 0.3) is 0 Å². The van der Waals surface area contributed by atoms with Crippen LogP contribution in [-0.4, -0.2) is 80.9 Å². The van der Waals surface area contributed by atoms with E-state index in [1.54, 1.807) is 27.8 Å². The normalized spacial score (nSPS) is 12.4. The molecule has 0 aromatic heterocycles. The predicted molar refractivity (Wildman–Crippen MR) is 299 cm³/mol. The third-order valence-corrected chi connectivity index (χ3v) is 22.6. The second-order valence-electron chi connectivity index (χ2n) is 18.3. The van der Waals surface area contributed by atoms with Crippen molar-refractivity contribution in [1.29, 1.82) is 0 Å². The van der Waals surface area contributed by atoms with Crippen molar-refractivity contribution in [3.63, 3.8) is 0 Å². The molecule has 0 heterocycles. The van der Waals surface area contributed by atoms with Crippen LogP contribution in [0.4, 0.5) is 0 Å². The molecule has 0 spiro atoms. The van der Waals surface area contributed by atoms with E-state index in [2.05, 4.69) is 193 Å². The molecule has 8 nitrogen and oxygen atoms in total. The molecule has 6 rings (SSSR count). The molecule has 0 aliphatic carbocycles. The van der Waals surface area contributed by atoms with Crippen LogP contribution in [0.15, 0.2) is 182 Å². The van der Waals surface area contributed by atoms with Crippen molar-refractivity contribution in [2.75, 3.05) is 52.6 Å². The molecule has 0 aliphatic rings. The Morgan fingerprint density at radius 2 is 0.897 bits per heavy atom. The number of ether oxygens (including phenoxy) is 1. The number of nitrogens with zero attached hydrogens (tertiary/aromatic N) is 1. The Hall–Kier alpha value is -5.01. The van der Waals surface area contributed by atoms with E-state index < -0.39 is 37.9 Å². The molecule has 1 atom stereocenters. The molecule has 11 heteroatoms. The van der Waals surface area contributed by atoms with E-state index in [0.29, 0.717) is 6.42 Å². The Morgan fingerprint density at radius 3 is 1.21 bits per heavy atom. The maximum absolute atomic E-state index is 12.5. The van der Waals surface area contributed by atoms with Gasteiger partial charge in [-0.15, -0.1) is 17.0 Å². The summed E-state index contributed by atoms with van der Waals surface area (Å²) in [4.78, 5) is 37.9. The zero-order chi connectivity index (χ0) is 48.0. The number of hydrogen-bond donors (Lipinski definition) is 3. The van der Waals surface area contributed by atoms with Crippen molar-refractivity contribution < 1.29 is 19.1 Å². The number of unbranched alkanes of at least 4 members (excludes halogenated alkanes) is 2. The Bertz CT molecular complexity index is 2170. The summed E-state index contributed by atoms with van der Waals surface area (Å²) in [5.41, 5.74) is 4.89. The Labute approximate surface area is 418 Å². The molecule has 364 valence electrons. The molecule has 0 radical (unpaired) electrons. The third-order valence-electron chi connectivity index (χ3n) is 12.4. The third kappa shape index (κ3) is 16.0. The molecule has 0 aliphatic heterocycles.